The molecule has 0 spiro atoms. The summed E-state index contributed by atoms with van der Waals surface area (Å²) in [5, 5.41) is 3.65. The SMILES string of the molecule is C[C@@H]1CCCN(C(=O)N[C@H]2CC(=O)N(c3ccc(Cl)cc3)C2)C1. The molecule has 2 heterocycles. The molecule has 0 saturated carbocycles. The average molecular weight is 336 g/mol. The number of nitrogens with zero attached hydrogens (tertiary/aromatic N) is 2. The molecule has 0 aromatic heterocycles. The second-order valence-corrected chi connectivity index (χ2v) is 6.96. The summed E-state index contributed by atoms with van der Waals surface area (Å²) in [6.45, 7) is 4.28. The van der Waals surface area contributed by atoms with Crippen LogP contribution in [0.5, 0.6) is 0 Å². The minimum absolute atomic E-state index is 0.0321. The number of carbonyl (C=O) groups excluding carboxylic acids is 2. The Labute approximate surface area is 141 Å². The molecule has 0 unspecified atom stereocenters. The second-order valence-electron chi connectivity index (χ2n) is 6.52. The highest BCUT2D eigenvalue weighted by Gasteiger charge is 2.33. The highest BCUT2D eigenvalue weighted by atomic mass is 35.5. The van der Waals surface area contributed by atoms with E-state index < -0.39 is 0 Å². The van der Waals surface area contributed by atoms with E-state index in [0.717, 1.165) is 25.2 Å². The van der Waals surface area contributed by atoms with Crippen molar-refractivity contribution < 1.29 is 9.59 Å². The number of halogens is 1. The zero-order valence-electron chi connectivity index (χ0n) is 13.3. The maximum absolute atomic E-state index is 12.4. The molecular formula is C17H22ClN3O2. The maximum Gasteiger partial charge on any atom is 0.317 e. The van der Waals surface area contributed by atoms with Crippen molar-refractivity contribution in [1.82, 2.24) is 10.2 Å². The Balaban J connectivity index is 1.59. The van der Waals surface area contributed by atoms with E-state index in [-0.39, 0.29) is 18.0 Å². The number of hydrogen-bond acceptors (Lipinski definition) is 2. The van der Waals surface area contributed by atoms with E-state index in [1.807, 2.05) is 17.0 Å². The van der Waals surface area contributed by atoms with Crippen molar-refractivity contribution >= 4 is 29.2 Å². The van der Waals surface area contributed by atoms with Crippen LogP contribution in [0.4, 0.5) is 10.5 Å². The fraction of sp³-hybridized carbons (Fsp3) is 0.529. The van der Waals surface area contributed by atoms with Crippen molar-refractivity contribution in [2.24, 2.45) is 5.92 Å². The third-order valence-corrected chi connectivity index (χ3v) is 4.79. The lowest BCUT2D eigenvalue weighted by atomic mass is 10.0. The first-order valence-corrected chi connectivity index (χ1v) is 8.52. The summed E-state index contributed by atoms with van der Waals surface area (Å²) in [5.41, 5.74) is 0.822. The van der Waals surface area contributed by atoms with E-state index in [1.165, 1.54) is 6.42 Å². The third kappa shape index (κ3) is 3.78. The molecule has 23 heavy (non-hydrogen) atoms. The van der Waals surface area contributed by atoms with Crippen LogP contribution >= 0.6 is 11.6 Å². The van der Waals surface area contributed by atoms with Crippen molar-refractivity contribution in [2.75, 3.05) is 24.5 Å². The topological polar surface area (TPSA) is 52.7 Å². The van der Waals surface area contributed by atoms with Gasteiger partial charge < -0.3 is 15.1 Å². The lowest BCUT2D eigenvalue weighted by Gasteiger charge is -2.31. The van der Waals surface area contributed by atoms with Gasteiger partial charge in [0.1, 0.15) is 0 Å². The highest BCUT2D eigenvalue weighted by molar-refractivity contribution is 6.30. The van der Waals surface area contributed by atoms with E-state index in [2.05, 4.69) is 12.2 Å². The van der Waals surface area contributed by atoms with Crippen LogP contribution in [0, 0.1) is 5.92 Å². The van der Waals surface area contributed by atoms with Gasteiger partial charge in [0, 0.05) is 36.8 Å². The van der Waals surface area contributed by atoms with Gasteiger partial charge >= 0.3 is 6.03 Å². The lowest BCUT2D eigenvalue weighted by molar-refractivity contribution is -0.117. The van der Waals surface area contributed by atoms with Gasteiger partial charge in [-0.1, -0.05) is 18.5 Å². The van der Waals surface area contributed by atoms with Gasteiger partial charge in [-0.15, -0.1) is 0 Å². The van der Waals surface area contributed by atoms with Crippen molar-refractivity contribution in [2.45, 2.75) is 32.2 Å². The summed E-state index contributed by atoms with van der Waals surface area (Å²) < 4.78 is 0. The van der Waals surface area contributed by atoms with Crippen LogP contribution < -0.4 is 10.2 Å². The van der Waals surface area contributed by atoms with Gasteiger partial charge in [0.05, 0.1) is 6.04 Å². The Morgan fingerprint density at radius 3 is 2.70 bits per heavy atom. The molecule has 2 atom stereocenters. The van der Waals surface area contributed by atoms with E-state index in [1.54, 1.807) is 17.0 Å². The number of hydrogen-bond donors (Lipinski definition) is 1. The highest BCUT2D eigenvalue weighted by Crippen LogP contribution is 2.23. The molecule has 0 bridgehead atoms. The zero-order valence-corrected chi connectivity index (χ0v) is 14.1. The molecule has 124 valence electrons. The third-order valence-electron chi connectivity index (χ3n) is 4.54. The smallest absolute Gasteiger partial charge is 0.317 e. The molecule has 5 nitrogen and oxygen atoms in total. The number of amides is 3. The van der Waals surface area contributed by atoms with Gasteiger partial charge in [0.2, 0.25) is 5.91 Å². The Bertz CT molecular complexity index is 590. The van der Waals surface area contributed by atoms with E-state index in [4.69, 9.17) is 11.6 Å². The molecule has 3 rings (SSSR count). The van der Waals surface area contributed by atoms with Crippen molar-refractivity contribution in [3.63, 3.8) is 0 Å². The fourth-order valence-electron chi connectivity index (χ4n) is 3.31. The molecule has 1 aromatic rings. The Morgan fingerprint density at radius 2 is 2.00 bits per heavy atom. The minimum Gasteiger partial charge on any atom is -0.333 e. The van der Waals surface area contributed by atoms with Crippen LogP contribution in [0.1, 0.15) is 26.2 Å². The predicted octanol–water partition coefficient (Wildman–Crippen LogP) is 2.89. The predicted molar refractivity (Wildman–Crippen MR) is 90.7 cm³/mol. The summed E-state index contributed by atoms with van der Waals surface area (Å²) in [6.07, 6.45) is 2.57. The molecule has 1 aromatic carbocycles. The van der Waals surface area contributed by atoms with Gasteiger partial charge in [0.25, 0.3) is 0 Å². The van der Waals surface area contributed by atoms with E-state index >= 15 is 0 Å². The molecule has 3 amide bonds. The van der Waals surface area contributed by atoms with Crippen LogP contribution in [-0.2, 0) is 4.79 Å². The number of likely N-dealkylation sites (tertiary alicyclic amines) is 1. The quantitative estimate of drug-likeness (QED) is 0.903. The number of nitrogens with one attached hydrogen (secondary N) is 1. The number of benzene rings is 1. The standard InChI is InChI=1S/C17H22ClN3O2/c1-12-3-2-8-20(10-12)17(23)19-14-9-16(22)21(11-14)15-6-4-13(18)5-7-15/h4-7,12,14H,2-3,8-11H2,1H3,(H,19,23)/t12-,14+/m1/s1. The lowest BCUT2D eigenvalue weighted by Crippen LogP contribution is -2.49. The molecule has 2 saturated heterocycles. The molecule has 2 aliphatic heterocycles. The Morgan fingerprint density at radius 1 is 1.26 bits per heavy atom. The van der Waals surface area contributed by atoms with Crippen molar-refractivity contribution in [3.05, 3.63) is 29.3 Å². The van der Waals surface area contributed by atoms with E-state index in [9.17, 15) is 9.59 Å². The van der Waals surface area contributed by atoms with Crippen molar-refractivity contribution in [3.8, 4) is 0 Å². The molecule has 1 N–H and O–H groups in total. The molecular weight excluding hydrogens is 314 g/mol. The largest absolute Gasteiger partial charge is 0.333 e. The number of piperidine rings is 1. The van der Waals surface area contributed by atoms with Crippen molar-refractivity contribution in [1.29, 1.82) is 0 Å². The first-order valence-electron chi connectivity index (χ1n) is 8.14. The number of carbonyl (C=O) groups is 2. The fourth-order valence-corrected chi connectivity index (χ4v) is 3.44. The van der Waals surface area contributed by atoms with Crippen LogP contribution in [0.15, 0.2) is 24.3 Å². The van der Waals surface area contributed by atoms with Gasteiger partial charge in [-0.3, -0.25) is 4.79 Å². The van der Waals surface area contributed by atoms with Gasteiger partial charge in [0.15, 0.2) is 0 Å². The van der Waals surface area contributed by atoms with Gasteiger partial charge in [-0.05, 0) is 43.0 Å². The van der Waals surface area contributed by atoms with Gasteiger partial charge in [-0.2, -0.15) is 0 Å². The van der Waals surface area contributed by atoms with Crippen LogP contribution in [-0.4, -0.2) is 42.5 Å². The van der Waals surface area contributed by atoms with Gasteiger partial charge in [-0.25, -0.2) is 4.79 Å². The normalized spacial score (nSPS) is 24.9. The first kappa shape index (κ1) is 16.1. The summed E-state index contributed by atoms with van der Waals surface area (Å²) >= 11 is 5.88. The van der Waals surface area contributed by atoms with Crippen LogP contribution in [0.3, 0.4) is 0 Å². The summed E-state index contributed by atoms with van der Waals surface area (Å²) in [4.78, 5) is 28.1. The van der Waals surface area contributed by atoms with E-state index in [0.29, 0.717) is 23.9 Å². The average Bonchev–Trinajstić information content (AvgIpc) is 2.88. The summed E-state index contributed by atoms with van der Waals surface area (Å²) in [6, 6.07) is 7.01. The number of rotatable bonds is 2. The second kappa shape index (κ2) is 6.79. The maximum atomic E-state index is 12.4. The first-order chi connectivity index (χ1) is 11.0. The van der Waals surface area contributed by atoms with Crippen LogP contribution in [0.25, 0.3) is 0 Å². The molecule has 6 heteroatoms. The Kier molecular flexibility index (Phi) is 4.76. The summed E-state index contributed by atoms with van der Waals surface area (Å²) in [7, 11) is 0. The molecule has 0 radical (unpaired) electrons. The minimum atomic E-state index is -0.136. The zero-order chi connectivity index (χ0) is 16.4. The molecule has 2 aliphatic rings. The number of anilines is 1. The molecule has 2 fully saturated rings. The summed E-state index contributed by atoms with van der Waals surface area (Å²) in [5.74, 6) is 0.579. The molecule has 0 aliphatic carbocycles. The monoisotopic (exact) mass is 335 g/mol. The van der Waals surface area contributed by atoms with Crippen LogP contribution in [0.2, 0.25) is 5.02 Å². The number of urea groups is 1. The Hall–Kier alpha value is -1.75.